The van der Waals surface area contributed by atoms with E-state index in [2.05, 4.69) is 5.32 Å². The van der Waals surface area contributed by atoms with E-state index in [1.54, 1.807) is 11.9 Å². The Bertz CT molecular complexity index is 604. The summed E-state index contributed by atoms with van der Waals surface area (Å²) in [7, 11) is 1.72. The first-order chi connectivity index (χ1) is 12.5. The molecule has 27 heavy (non-hydrogen) atoms. The van der Waals surface area contributed by atoms with E-state index in [0.29, 0.717) is 5.41 Å². The molecule has 0 aromatic rings. The fourth-order valence-corrected chi connectivity index (χ4v) is 5.36. The summed E-state index contributed by atoms with van der Waals surface area (Å²) in [5, 5.41) is 3.43. The first kappa shape index (κ1) is 20.4. The molecule has 0 bridgehead atoms. The van der Waals surface area contributed by atoms with Crippen molar-refractivity contribution in [3.63, 3.8) is 0 Å². The third-order valence-electron chi connectivity index (χ3n) is 7.29. The summed E-state index contributed by atoms with van der Waals surface area (Å²) in [6.07, 6.45) is 7.69. The van der Waals surface area contributed by atoms with Gasteiger partial charge in [0.2, 0.25) is 5.91 Å². The fraction of sp³-hybridized carbons (Fsp3) is 0.842. The second-order valence-electron chi connectivity index (χ2n) is 8.63. The first-order valence-electron chi connectivity index (χ1n) is 10.1. The van der Waals surface area contributed by atoms with Gasteiger partial charge in [-0.05, 0) is 44.1 Å². The van der Waals surface area contributed by atoms with Gasteiger partial charge < -0.3 is 15.1 Å². The average molecular weight is 399 g/mol. The molecule has 3 saturated heterocycles. The van der Waals surface area contributed by atoms with E-state index < -0.39 is 5.54 Å². The Morgan fingerprint density at radius 1 is 1.04 bits per heavy atom. The third-order valence-corrected chi connectivity index (χ3v) is 7.29. The van der Waals surface area contributed by atoms with Crippen molar-refractivity contribution < 1.29 is 14.4 Å². The number of rotatable bonds is 2. The molecule has 7 nitrogen and oxygen atoms in total. The Balaban J connectivity index is 0.00000210. The highest BCUT2D eigenvalue weighted by molar-refractivity contribution is 6.08. The van der Waals surface area contributed by atoms with Gasteiger partial charge >= 0.3 is 6.03 Å². The maximum atomic E-state index is 13.0. The summed E-state index contributed by atoms with van der Waals surface area (Å²) in [5.41, 5.74) is -0.348. The van der Waals surface area contributed by atoms with Crippen LogP contribution >= 0.6 is 12.4 Å². The lowest BCUT2D eigenvalue weighted by molar-refractivity contribution is -0.141. The number of urea groups is 1. The van der Waals surface area contributed by atoms with E-state index in [1.165, 1.54) is 11.3 Å². The number of piperidine rings is 1. The fourth-order valence-electron chi connectivity index (χ4n) is 5.36. The van der Waals surface area contributed by atoms with Crippen molar-refractivity contribution in [1.29, 1.82) is 0 Å². The van der Waals surface area contributed by atoms with Crippen molar-refractivity contribution in [2.45, 2.75) is 56.9 Å². The Morgan fingerprint density at radius 2 is 1.70 bits per heavy atom. The Kier molecular flexibility index (Phi) is 5.73. The summed E-state index contributed by atoms with van der Waals surface area (Å²) in [6.45, 7) is 3.48. The van der Waals surface area contributed by atoms with E-state index in [0.717, 1.165) is 71.1 Å². The van der Waals surface area contributed by atoms with Gasteiger partial charge in [0.1, 0.15) is 12.1 Å². The summed E-state index contributed by atoms with van der Waals surface area (Å²) < 4.78 is 0. The molecule has 0 radical (unpaired) electrons. The van der Waals surface area contributed by atoms with Crippen molar-refractivity contribution in [2.24, 2.45) is 5.41 Å². The van der Waals surface area contributed by atoms with Crippen LogP contribution in [0.3, 0.4) is 0 Å². The zero-order valence-electron chi connectivity index (χ0n) is 16.2. The molecule has 152 valence electrons. The van der Waals surface area contributed by atoms with Crippen LogP contribution in [0.2, 0.25) is 0 Å². The van der Waals surface area contributed by atoms with E-state index in [1.807, 2.05) is 4.90 Å². The maximum absolute atomic E-state index is 13.0. The Labute approximate surface area is 167 Å². The minimum Gasteiger partial charge on any atom is -0.341 e. The number of likely N-dealkylation sites (N-methyl/N-ethyl adjacent to an activating group) is 1. The summed E-state index contributed by atoms with van der Waals surface area (Å²) in [5.74, 6) is -0.250. The minimum atomic E-state index is -0.697. The molecule has 1 N–H and O–H groups in total. The molecule has 4 rings (SSSR count). The smallest absolute Gasteiger partial charge is 0.327 e. The highest BCUT2D eigenvalue weighted by atomic mass is 35.5. The number of nitrogens with one attached hydrogen (secondary N) is 1. The molecule has 4 amide bonds. The molecular formula is C19H31ClN4O3. The lowest BCUT2D eigenvalue weighted by Gasteiger charge is -2.39. The van der Waals surface area contributed by atoms with Crippen LogP contribution in [0.4, 0.5) is 4.79 Å². The SMILES string of the molecule is CN1C(=O)N(CC(=O)N2CCC3(CCNC3)CC2)C(=O)C12CCCCC2.Cl. The molecular weight excluding hydrogens is 368 g/mol. The van der Waals surface area contributed by atoms with Gasteiger partial charge in [-0.1, -0.05) is 19.3 Å². The zero-order chi connectivity index (χ0) is 18.4. The molecule has 1 saturated carbocycles. The predicted molar refractivity (Wildman–Crippen MR) is 104 cm³/mol. The predicted octanol–water partition coefficient (Wildman–Crippen LogP) is 1.61. The van der Waals surface area contributed by atoms with E-state index in [9.17, 15) is 14.4 Å². The van der Waals surface area contributed by atoms with Crippen LogP contribution in [0, 0.1) is 5.41 Å². The monoisotopic (exact) mass is 398 g/mol. The molecule has 4 fully saturated rings. The van der Waals surface area contributed by atoms with Crippen LogP contribution in [0.25, 0.3) is 0 Å². The van der Waals surface area contributed by atoms with Crippen LogP contribution in [-0.2, 0) is 9.59 Å². The summed E-state index contributed by atoms with van der Waals surface area (Å²) in [6, 6.07) is -0.307. The normalized spacial score (nSPS) is 26.8. The Hall–Kier alpha value is -1.34. The molecule has 1 aliphatic carbocycles. The van der Waals surface area contributed by atoms with Crippen LogP contribution in [0.1, 0.15) is 51.4 Å². The van der Waals surface area contributed by atoms with E-state index >= 15 is 0 Å². The number of amides is 4. The number of carbonyl (C=O) groups is 3. The number of likely N-dealkylation sites (tertiary alicyclic amines) is 1. The van der Waals surface area contributed by atoms with Gasteiger partial charge in [0, 0.05) is 26.7 Å². The van der Waals surface area contributed by atoms with Crippen LogP contribution in [0.5, 0.6) is 0 Å². The van der Waals surface area contributed by atoms with E-state index in [4.69, 9.17) is 0 Å². The van der Waals surface area contributed by atoms with Crippen LogP contribution in [0.15, 0.2) is 0 Å². The zero-order valence-corrected chi connectivity index (χ0v) is 17.0. The second-order valence-corrected chi connectivity index (χ2v) is 8.63. The maximum Gasteiger partial charge on any atom is 0.327 e. The minimum absolute atomic E-state index is 0. The number of hydrogen-bond donors (Lipinski definition) is 1. The van der Waals surface area contributed by atoms with Crippen molar-refractivity contribution in [2.75, 3.05) is 39.8 Å². The van der Waals surface area contributed by atoms with Gasteiger partial charge in [0.05, 0.1) is 0 Å². The quantitative estimate of drug-likeness (QED) is 0.717. The molecule has 8 heteroatoms. The number of carbonyl (C=O) groups excluding carboxylic acids is 3. The lowest BCUT2D eigenvalue weighted by Crippen LogP contribution is -2.50. The summed E-state index contributed by atoms with van der Waals surface area (Å²) >= 11 is 0. The largest absolute Gasteiger partial charge is 0.341 e. The van der Waals surface area contributed by atoms with Crippen molar-refractivity contribution in [3.8, 4) is 0 Å². The standard InChI is InChI=1S/C19H30N4O3.ClH/c1-21-17(26)23(16(25)19(21)5-3-2-4-6-19)13-15(24)22-11-8-18(9-12-22)7-10-20-14-18;/h20H,2-14H2,1H3;1H. The average Bonchev–Trinajstić information content (AvgIpc) is 3.18. The molecule has 0 aromatic carbocycles. The lowest BCUT2D eigenvalue weighted by atomic mass is 9.78. The molecule has 0 atom stereocenters. The van der Waals surface area contributed by atoms with Gasteiger partial charge in [-0.15, -0.1) is 12.4 Å². The van der Waals surface area contributed by atoms with Gasteiger partial charge in [-0.25, -0.2) is 4.79 Å². The number of imide groups is 1. The Morgan fingerprint density at radius 3 is 2.30 bits per heavy atom. The van der Waals surface area contributed by atoms with Crippen molar-refractivity contribution in [3.05, 3.63) is 0 Å². The van der Waals surface area contributed by atoms with Gasteiger partial charge in [0.25, 0.3) is 5.91 Å². The molecule has 3 heterocycles. The van der Waals surface area contributed by atoms with Gasteiger partial charge in [-0.2, -0.15) is 0 Å². The summed E-state index contributed by atoms with van der Waals surface area (Å²) in [4.78, 5) is 43.1. The van der Waals surface area contributed by atoms with Gasteiger partial charge in [0.15, 0.2) is 0 Å². The van der Waals surface area contributed by atoms with Crippen molar-refractivity contribution >= 4 is 30.3 Å². The number of hydrogen-bond acceptors (Lipinski definition) is 4. The van der Waals surface area contributed by atoms with Gasteiger partial charge in [-0.3, -0.25) is 14.5 Å². The van der Waals surface area contributed by atoms with E-state index in [-0.39, 0.29) is 36.8 Å². The second kappa shape index (κ2) is 7.59. The molecule has 2 spiro atoms. The molecule has 3 aliphatic heterocycles. The number of halogens is 1. The third kappa shape index (κ3) is 3.33. The highest BCUT2D eigenvalue weighted by Gasteiger charge is 2.56. The molecule has 0 unspecified atom stereocenters. The van der Waals surface area contributed by atoms with Crippen LogP contribution < -0.4 is 5.32 Å². The topological polar surface area (TPSA) is 73.0 Å². The van der Waals surface area contributed by atoms with Crippen molar-refractivity contribution in [1.82, 2.24) is 20.0 Å². The first-order valence-corrected chi connectivity index (χ1v) is 10.1. The molecule has 4 aliphatic rings. The number of nitrogens with zero attached hydrogens (tertiary/aromatic N) is 3. The van der Waals surface area contributed by atoms with Crippen LogP contribution in [-0.4, -0.2) is 77.9 Å². The molecule has 0 aromatic heterocycles. The highest BCUT2D eigenvalue weighted by Crippen LogP contribution is 2.40.